The highest BCUT2D eigenvalue weighted by molar-refractivity contribution is 6.30. The minimum Gasteiger partial charge on any atom is -0.348 e. The highest BCUT2D eigenvalue weighted by Gasteiger charge is 2.08. The van der Waals surface area contributed by atoms with Gasteiger partial charge in [-0.05, 0) is 35.9 Å². The lowest BCUT2D eigenvalue weighted by Gasteiger charge is -2.11. The van der Waals surface area contributed by atoms with Gasteiger partial charge in [0, 0.05) is 36.8 Å². The minimum atomic E-state index is -0.184. The van der Waals surface area contributed by atoms with Gasteiger partial charge in [-0.15, -0.1) is 0 Å². The quantitative estimate of drug-likeness (QED) is 0.942. The van der Waals surface area contributed by atoms with E-state index in [9.17, 15) is 9.59 Å². The molecule has 2 aromatic rings. The fourth-order valence-corrected chi connectivity index (χ4v) is 2.13. The van der Waals surface area contributed by atoms with Crippen LogP contribution in [0, 0.1) is 0 Å². The van der Waals surface area contributed by atoms with Crippen LogP contribution >= 0.6 is 11.6 Å². The van der Waals surface area contributed by atoms with Crippen molar-refractivity contribution in [2.75, 3.05) is 14.1 Å². The molecule has 0 aliphatic carbocycles. The zero-order chi connectivity index (χ0) is 16.1. The number of nitrogens with one attached hydrogen (secondary N) is 1. The molecule has 22 heavy (non-hydrogen) atoms. The van der Waals surface area contributed by atoms with Crippen molar-refractivity contribution in [2.24, 2.45) is 0 Å². The van der Waals surface area contributed by atoms with Gasteiger partial charge in [0.25, 0.3) is 11.8 Å². The summed E-state index contributed by atoms with van der Waals surface area (Å²) < 4.78 is 0. The Morgan fingerprint density at radius 2 is 1.73 bits per heavy atom. The zero-order valence-electron chi connectivity index (χ0n) is 12.5. The third kappa shape index (κ3) is 4.09. The maximum Gasteiger partial charge on any atom is 0.253 e. The lowest BCUT2D eigenvalue weighted by atomic mass is 10.1. The molecule has 0 saturated heterocycles. The predicted molar refractivity (Wildman–Crippen MR) is 87.1 cm³/mol. The van der Waals surface area contributed by atoms with Gasteiger partial charge in [-0.1, -0.05) is 29.8 Å². The standard InChI is InChI=1S/C17H17ClN2O2/c1-20(2)17(22)13-8-6-12(7-9-13)11-19-16(21)14-4-3-5-15(18)10-14/h3-10H,11H2,1-2H3,(H,19,21). The van der Waals surface area contributed by atoms with Gasteiger partial charge in [0.2, 0.25) is 0 Å². The molecule has 0 aliphatic rings. The minimum absolute atomic E-state index is 0.0467. The normalized spacial score (nSPS) is 10.1. The van der Waals surface area contributed by atoms with Crippen LogP contribution in [0.2, 0.25) is 5.02 Å². The summed E-state index contributed by atoms with van der Waals surface area (Å²) in [5, 5.41) is 3.35. The van der Waals surface area contributed by atoms with Crippen LogP contribution in [0.5, 0.6) is 0 Å². The summed E-state index contributed by atoms with van der Waals surface area (Å²) in [5.74, 6) is -0.231. The van der Waals surface area contributed by atoms with Crippen LogP contribution in [0.15, 0.2) is 48.5 Å². The van der Waals surface area contributed by atoms with Gasteiger partial charge < -0.3 is 10.2 Å². The van der Waals surface area contributed by atoms with Gasteiger partial charge in [-0.3, -0.25) is 9.59 Å². The van der Waals surface area contributed by atoms with Gasteiger partial charge in [0.1, 0.15) is 0 Å². The van der Waals surface area contributed by atoms with Gasteiger partial charge >= 0.3 is 0 Å². The largest absolute Gasteiger partial charge is 0.348 e. The molecule has 114 valence electrons. The van der Waals surface area contributed by atoms with Crippen molar-refractivity contribution >= 4 is 23.4 Å². The summed E-state index contributed by atoms with van der Waals surface area (Å²) in [4.78, 5) is 25.3. The Balaban J connectivity index is 1.97. The molecule has 2 aromatic carbocycles. The molecular formula is C17H17ClN2O2. The molecule has 5 heteroatoms. The number of carbonyl (C=O) groups excluding carboxylic acids is 2. The molecule has 0 atom stereocenters. The average molecular weight is 317 g/mol. The maximum absolute atomic E-state index is 12.0. The summed E-state index contributed by atoms with van der Waals surface area (Å²) in [6.07, 6.45) is 0. The lowest BCUT2D eigenvalue weighted by molar-refractivity contribution is 0.0827. The second kappa shape index (κ2) is 7.09. The molecule has 0 radical (unpaired) electrons. The van der Waals surface area contributed by atoms with Gasteiger partial charge in [0.15, 0.2) is 0 Å². The van der Waals surface area contributed by atoms with E-state index in [1.807, 2.05) is 12.1 Å². The average Bonchev–Trinajstić information content (AvgIpc) is 2.52. The number of hydrogen-bond donors (Lipinski definition) is 1. The predicted octanol–water partition coefficient (Wildman–Crippen LogP) is 2.97. The van der Waals surface area contributed by atoms with E-state index in [0.717, 1.165) is 5.56 Å². The number of rotatable bonds is 4. The summed E-state index contributed by atoms with van der Waals surface area (Å²) in [6.45, 7) is 0.391. The molecule has 2 amide bonds. The molecule has 2 rings (SSSR count). The fraction of sp³-hybridized carbons (Fsp3) is 0.176. The third-order valence-electron chi connectivity index (χ3n) is 3.15. The first-order valence-corrected chi connectivity index (χ1v) is 7.19. The van der Waals surface area contributed by atoms with Crippen molar-refractivity contribution in [3.8, 4) is 0 Å². The summed E-state index contributed by atoms with van der Waals surface area (Å²) in [7, 11) is 3.42. The van der Waals surface area contributed by atoms with Crippen molar-refractivity contribution in [3.05, 3.63) is 70.2 Å². The Labute approximate surface area is 134 Å². The van der Waals surface area contributed by atoms with E-state index in [1.54, 1.807) is 50.5 Å². The van der Waals surface area contributed by atoms with Crippen LogP contribution in [0.4, 0.5) is 0 Å². The molecular weight excluding hydrogens is 300 g/mol. The van der Waals surface area contributed by atoms with Crippen LogP contribution in [-0.2, 0) is 6.54 Å². The van der Waals surface area contributed by atoms with Crippen LogP contribution < -0.4 is 5.32 Å². The molecule has 0 aromatic heterocycles. The molecule has 0 fully saturated rings. The number of hydrogen-bond acceptors (Lipinski definition) is 2. The smallest absolute Gasteiger partial charge is 0.253 e. The first-order chi connectivity index (χ1) is 10.5. The Morgan fingerprint density at radius 3 is 2.32 bits per heavy atom. The van der Waals surface area contributed by atoms with E-state index in [0.29, 0.717) is 22.7 Å². The van der Waals surface area contributed by atoms with Crippen LogP contribution in [0.1, 0.15) is 26.3 Å². The number of halogens is 1. The van der Waals surface area contributed by atoms with Crippen molar-refractivity contribution in [2.45, 2.75) is 6.54 Å². The number of amides is 2. The highest BCUT2D eigenvalue weighted by atomic mass is 35.5. The van der Waals surface area contributed by atoms with E-state index >= 15 is 0 Å². The Hall–Kier alpha value is -2.33. The van der Waals surface area contributed by atoms with Crippen LogP contribution in [-0.4, -0.2) is 30.8 Å². The number of carbonyl (C=O) groups is 2. The summed E-state index contributed by atoms with van der Waals surface area (Å²) in [5.41, 5.74) is 2.06. The molecule has 0 heterocycles. The Kier molecular flexibility index (Phi) is 5.17. The molecule has 4 nitrogen and oxygen atoms in total. The second-order valence-corrected chi connectivity index (χ2v) is 5.53. The third-order valence-corrected chi connectivity index (χ3v) is 3.38. The molecule has 1 N–H and O–H groups in total. The monoisotopic (exact) mass is 316 g/mol. The molecule has 0 spiro atoms. The molecule has 0 aliphatic heterocycles. The maximum atomic E-state index is 12.0. The van der Waals surface area contributed by atoms with Crippen molar-refractivity contribution in [1.82, 2.24) is 10.2 Å². The van der Waals surface area contributed by atoms with Gasteiger partial charge in [0.05, 0.1) is 0 Å². The first-order valence-electron chi connectivity index (χ1n) is 6.82. The Morgan fingerprint density at radius 1 is 1.05 bits per heavy atom. The fourth-order valence-electron chi connectivity index (χ4n) is 1.94. The summed E-state index contributed by atoms with van der Waals surface area (Å²) >= 11 is 5.86. The lowest BCUT2D eigenvalue weighted by Crippen LogP contribution is -2.23. The van der Waals surface area contributed by atoms with Crippen molar-refractivity contribution in [3.63, 3.8) is 0 Å². The number of nitrogens with zero attached hydrogens (tertiary/aromatic N) is 1. The van der Waals surface area contributed by atoms with Gasteiger partial charge in [-0.25, -0.2) is 0 Å². The van der Waals surface area contributed by atoms with Gasteiger partial charge in [-0.2, -0.15) is 0 Å². The van der Waals surface area contributed by atoms with E-state index < -0.39 is 0 Å². The second-order valence-electron chi connectivity index (χ2n) is 5.09. The zero-order valence-corrected chi connectivity index (χ0v) is 13.2. The van der Waals surface area contributed by atoms with E-state index in [1.165, 1.54) is 4.90 Å². The molecule has 0 saturated carbocycles. The van der Waals surface area contributed by atoms with Crippen molar-refractivity contribution < 1.29 is 9.59 Å². The van der Waals surface area contributed by atoms with E-state index in [2.05, 4.69) is 5.32 Å². The molecule has 0 unspecified atom stereocenters. The SMILES string of the molecule is CN(C)C(=O)c1ccc(CNC(=O)c2cccc(Cl)c2)cc1. The molecule has 0 bridgehead atoms. The van der Waals surface area contributed by atoms with Crippen molar-refractivity contribution in [1.29, 1.82) is 0 Å². The van der Waals surface area contributed by atoms with E-state index in [4.69, 9.17) is 11.6 Å². The first kappa shape index (κ1) is 16.0. The topological polar surface area (TPSA) is 49.4 Å². The Bertz CT molecular complexity index is 681. The van der Waals surface area contributed by atoms with E-state index in [-0.39, 0.29) is 11.8 Å². The summed E-state index contributed by atoms with van der Waals surface area (Å²) in [6, 6.07) is 13.9. The van der Waals surface area contributed by atoms with Crippen LogP contribution in [0.3, 0.4) is 0 Å². The van der Waals surface area contributed by atoms with Crippen LogP contribution in [0.25, 0.3) is 0 Å². The highest BCUT2D eigenvalue weighted by Crippen LogP contribution is 2.11. The number of benzene rings is 2.